The van der Waals surface area contributed by atoms with Gasteiger partial charge in [-0.15, -0.1) is 0 Å². The minimum atomic E-state index is -1.62. The third kappa shape index (κ3) is 4.74. The first kappa shape index (κ1) is 21.7. The van der Waals surface area contributed by atoms with Gasteiger partial charge >= 0.3 is 5.97 Å². The Morgan fingerprint density at radius 1 is 1.00 bits per heavy atom. The molecule has 0 unspecified atom stereocenters. The molecule has 10 heteroatoms. The van der Waals surface area contributed by atoms with Gasteiger partial charge in [0.25, 0.3) is 0 Å². The summed E-state index contributed by atoms with van der Waals surface area (Å²) in [5.74, 6) is -0.577. The van der Waals surface area contributed by atoms with Gasteiger partial charge in [0, 0.05) is 6.07 Å². The highest BCUT2D eigenvalue weighted by Gasteiger charge is 2.45. The minimum Gasteiger partial charge on any atom is -0.508 e. The molecular weight excluding hydrogens is 400 g/mol. The molecule has 162 valence electrons. The van der Waals surface area contributed by atoms with E-state index in [-0.39, 0.29) is 28.6 Å². The highest BCUT2D eigenvalue weighted by Crippen LogP contribution is 2.32. The van der Waals surface area contributed by atoms with Crippen LogP contribution in [-0.4, -0.2) is 75.9 Å². The molecule has 2 aromatic rings. The molecule has 1 saturated heterocycles. The standard InChI is InChI=1S/C20H22O10/c1-27-14-8-12(6-7-13(14)22)29-20-18(25)17(24)16(23)15(30-20)9-28-19(26)10-2-4-11(21)5-3-10/h2-8,15-18,20-25H,9H2,1H3/t15-,16-,17+,18-,20-/m1/s1. The molecule has 3 rings (SSSR count). The van der Waals surface area contributed by atoms with E-state index >= 15 is 0 Å². The Morgan fingerprint density at radius 3 is 2.37 bits per heavy atom. The van der Waals surface area contributed by atoms with E-state index in [1.165, 1.54) is 49.6 Å². The Morgan fingerprint density at radius 2 is 1.70 bits per heavy atom. The van der Waals surface area contributed by atoms with E-state index in [1.54, 1.807) is 0 Å². The maximum Gasteiger partial charge on any atom is 0.338 e. The molecule has 0 spiro atoms. The Labute approximate surface area is 171 Å². The molecule has 1 fully saturated rings. The lowest BCUT2D eigenvalue weighted by atomic mass is 9.99. The number of hydrogen-bond donors (Lipinski definition) is 5. The third-order valence-electron chi connectivity index (χ3n) is 4.55. The molecule has 0 aromatic heterocycles. The van der Waals surface area contributed by atoms with Crippen LogP contribution in [0.2, 0.25) is 0 Å². The van der Waals surface area contributed by atoms with Crippen molar-refractivity contribution < 1.29 is 49.3 Å². The van der Waals surface area contributed by atoms with Crippen LogP contribution < -0.4 is 9.47 Å². The van der Waals surface area contributed by atoms with Gasteiger partial charge in [-0.05, 0) is 36.4 Å². The van der Waals surface area contributed by atoms with Crippen LogP contribution in [-0.2, 0) is 9.47 Å². The summed E-state index contributed by atoms with van der Waals surface area (Å²) in [4.78, 5) is 12.1. The van der Waals surface area contributed by atoms with Gasteiger partial charge in [0.15, 0.2) is 11.5 Å². The molecule has 30 heavy (non-hydrogen) atoms. The van der Waals surface area contributed by atoms with Crippen LogP contribution in [0.1, 0.15) is 10.4 Å². The summed E-state index contributed by atoms with van der Waals surface area (Å²) in [7, 11) is 1.35. The number of hydrogen-bond acceptors (Lipinski definition) is 10. The zero-order valence-electron chi connectivity index (χ0n) is 15.9. The van der Waals surface area contributed by atoms with Crippen LogP contribution >= 0.6 is 0 Å². The van der Waals surface area contributed by atoms with E-state index in [4.69, 9.17) is 18.9 Å². The molecule has 10 nitrogen and oxygen atoms in total. The number of phenols is 2. The number of phenolic OH excluding ortho intramolecular Hbond substituents is 2. The van der Waals surface area contributed by atoms with Crippen molar-refractivity contribution in [3.05, 3.63) is 48.0 Å². The molecular formula is C20H22O10. The first-order chi connectivity index (χ1) is 14.3. The molecule has 0 amide bonds. The molecule has 0 saturated carbocycles. The van der Waals surface area contributed by atoms with Crippen molar-refractivity contribution >= 4 is 5.97 Å². The zero-order chi connectivity index (χ0) is 21.8. The number of carbonyl (C=O) groups is 1. The fourth-order valence-corrected chi connectivity index (χ4v) is 2.86. The number of aromatic hydroxyl groups is 2. The van der Waals surface area contributed by atoms with Crippen molar-refractivity contribution in [3.63, 3.8) is 0 Å². The molecule has 0 aliphatic carbocycles. The predicted molar refractivity (Wildman–Crippen MR) is 100 cm³/mol. The normalized spacial score (nSPS) is 26.1. The number of esters is 1. The molecule has 1 heterocycles. The highest BCUT2D eigenvalue weighted by molar-refractivity contribution is 5.89. The van der Waals surface area contributed by atoms with Crippen molar-refractivity contribution in [2.24, 2.45) is 0 Å². The van der Waals surface area contributed by atoms with E-state index in [2.05, 4.69) is 0 Å². The number of carbonyl (C=O) groups excluding carboxylic acids is 1. The van der Waals surface area contributed by atoms with Crippen molar-refractivity contribution in [2.45, 2.75) is 30.7 Å². The summed E-state index contributed by atoms with van der Waals surface area (Å²) in [5, 5.41) is 49.4. The van der Waals surface area contributed by atoms with Crippen LogP contribution in [0.15, 0.2) is 42.5 Å². The van der Waals surface area contributed by atoms with Gasteiger partial charge < -0.3 is 44.5 Å². The summed E-state index contributed by atoms with van der Waals surface area (Å²) in [6.45, 7) is -0.427. The Balaban J connectivity index is 1.66. The van der Waals surface area contributed by atoms with Crippen LogP contribution in [0.3, 0.4) is 0 Å². The lowest BCUT2D eigenvalue weighted by molar-refractivity contribution is -0.277. The zero-order valence-corrected chi connectivity index (χ0v) is 15.9. The van der Waals surface area contributed by atoms with Gasteiger partial charge in [0.05, 0.1) is 12.7 Å². The molecule has 5 atom stereocenters. The summed E-state index contributed by atoms with van der Waals surface area (Å²) in [6.07, 6.45) is -7.34. The lowest BCUT2D eigenvalue weighted by Crippen LogP contribution is -2.60. The fourth-order valence-electron chi connectivity index (χ4n) is 2.86. The van der Waals surface area contributed by atoms with Gasteiger partial charge in [0.1, 0.15) is 42.5 Å². The van der Waals surface area contributed by atoms with Crippen molar-refractivity contribution in [1.82, 2.24) is 0 Å². The van der Waals surface area contributed by atoms with Crippen molar-refractivity contribution in [2.75, 3.05) is 13.7 Å². The minimum absolute atomic E-state index is 0.0134. The van der Waals surface area contributed by atoms with Gasteiger partial charge in [0.2, 0.25) is 6.29 Å². The highest BCUT2D eigenvalue weighted by atomic mass is 16.7. The van der Waals surface area contributed by atoms with E-state index in [9.17, 15) is 30.3 Å². The van der Waals surface area contributed by atoms with E-state index in [1.807, 2.05) is 0 Å². The molecule has 0 radical (unpaired) electrons. The second-order valence-electron chi connectivity index (χ2n) is 6.61. The van der Waals surface area contributed by atoms with E-state index in [0.717, 1.165) is 0 Å². The average Bonchev–Trinajstić information content (AvgIpc) is 2.74. The third-order valence-corrected chi connectivity index (χ3v) is 4.55. The smallest absolute Gasteiger partial charge is 0.338 e. The second-order valence-corrected chi connectivity index (χ2v) is 6.61. The lowest BCUT2D eigenvalue weighted by Gasteiger charge is -2.39. The van der Waals surface area contributed by atoms with Crippen molar-refractivity contribution in [1.29, 1.82) is 0 Å². The summed E-state index contributed by atoms with van der Waals surface area (Å²) in [5.41, 5.74) is 0.169. The largest absolute Gasteiger partial charge is 0.508 e. The van der Waals surface area contributed by atoms with E-state index < -0.39 is 43.3 Å². The number of benzene rings is 2. The van der Waals surface area contributed by atoms with Gasteiger partial charge in [-0.3, -0.25) is 0 Å². The molecule has 1 aliphatic rings. The number of methoxy groups -OCH3 is 1. The molecule has 2 aromatic carbocycles. The Hall–Kier alpha value is -3.05. The number of ether oxygens (including phenoxy) is 4. The molecule has 5 N–H and O–H groups in total. The van der Waals surface area contributed by atoms with Gasteiger partial charge in [-0.2, -0.15) is 0 Å². The monoisotopic (exact) mass is 422 g/mol. The number of aliphatic hydroxyl groups is 3. The summed E-state index contributed by atoms with van der Waals surface area (Å²) in [6, 6.07) is 9.41. The second kappa shape index (κ2) is 9.18. The van der Waals surface area contributed by atoms with Gasteiger partial charge in [-0.1, -0.05) is 0 Å². The number of rotatable bonds is 6. The number of aliphatic hydroxyl groups excluding tert-OH is 3. The van der Waals surface area contributed by atoms with Crippen molar-refractivity contribution in [3.8, 4) is 23.0 Å². The topological polar surface area (TPSA) is 155 Å². The Bertz CT molecular complexity index is 868. The van der Waals surface area contributed by atoms with Crippen LogP contribution in [0.4, 0.5) is 0 Å². The maximum atomic E-state index is 12.1. The van der Waals surface area contributed by atoms with Gasteiger partial charge in [-0.25, -0.2) is 4.79 Å². The van der Waals surface area contributed by atoms with Crippen LogP contribution in [0, 0.1) is 0 Å². The van der Waals surface area contributed by atoms with Crippen LogP contribution in [0.25, 0.3) is 0 Å². The first-order valence-electron chi connectivity index (χ1n) is 8.99. The summed E-state index contributed by atoms with van der Waals surface area (Å²) >= 11 is 0. The first-order valence-corrected chi connectivity index (χ1v) is 8.99. The quantitative estimate of drug-likeness (QED) is 0.406. The predicted octanol–water partition coefficient (Wildman–Crippen LogP) is 0.150. The molecule has 0 bridgehead atoms. The van der Waals surface area contributed by atoms with E-state index in [0.29, 0.717) is 0 Å². The maximum absolute atomic E-state index is 12.1. The summed E-state index contributed by atoms with van der Waals surface area (Å²) < 4.78 is 21.1. The average molecular weight is 422 g/mol. The van der Waals surface area contributed by atoms with Crippen LogP contribution in [0.5, 0.6) is 23.0 Å². The molecule has 1 aliphatic heterocycles. The SMILES string of the molecule is COc1cc(O[C@@H]2O[C@H](COC(=O)c3ccc(O)cc3)[C@@H](O)[C@H](O)[C@H]2O)ccc1O. The Kier molecular flexibility index (Phi) is 6.63. The fraction of sp³-hybridized carbons (Fsp3) is 0.350.